The fraction of sp³-hybridized carbons (Fsp3) is 0.263. The Bertz CT molecular complexity index is 740. The lowest BCUT2D eigenvalue weighted by molar-refractivity contribution is 0.397. The monoisotopic (exact) mass is 311 g/mol. The summed E-state index contributed by atoms with van der Waals surface area (Å²) in [5, 5.41) is 4.52. The predicted molar refractivity (Wildman–Crippen MR) is 90.8 cm³/mol. The molecule has 1 aliphatic heterocycles. The summed E-state index contributed by atoms with van der Waals surface area (Å²) in [6.07, 6.45) is 5.69. The van der Waals surface area contributed by atoms with Gasteiger partial charge in [0.1, 0.15) is 5.75 Å². The van der Waals surface area contributed by atoms with Crippen LogP contribution in [0.1, 0.15) is 29.5 Å². The highest BCUT2D eigenvalue weighted by molar-refractivity contribution is 6.31. The number of nitrogens with one attached hydrogen (secondary N) is 1. The van der Waals surface area contributed by atoms with Crippen molar-refractivity contribution in [3.05, 3.63) is 70.8 Å². The zero-order chi connectivity index (χ0) is 15.1. The first kappa shape index (κ1) is 13.7. The maximum atomic E-state index is 6.46. The van der Waals surface area contributed by atoms with Crippen molar-refractivity contribution in [3.8, 4) is 5.75 Å². The molecule has 2 aromatic carbocycles. The maximum Gasteiger partial charge on any atom is 0.142 e. The number of allylic oxidation sites excluding steroid dienone is 2. The molecule has 0 radical (unpaired) electrons. The van der Waals surface area contributed by atoms with Crippen molar-refractivity contribution in [2.24, 2.45) is 5.92 Å². The summed E-state index contributed by atoms with van der Waals surface area (Å²) >= 11 is 6.46. The van der Waals surface area contributed by atoms with Crippen LogP contribution in [0.3, 0.4) is 0 Å². The van der Waals surface area contributed by atoms with Crippen molar-refractivity contribution in [2.75, 3.05) is 12.4 Å². The van der Waals surface area contributed by atoms with Crippen molar-refractivity contribution in [2.45, 2.75) is 18.4 Å². The normalized spacial score (nSPS) is 25.3. The summed E-state index contributed by atoms with van der Waals surface area (Å²) in [5.41, 5.74) is 3.59. The summed E-state index contributed by atoms with van der Waals surface area (Å²) in [6, 6.07) is 14.6. The Kier molecular flexibility index (Phi) is 3.34. The molecule has 1 heterocycles. The Labute approximate surface area is 135 Å². The molecular formula is C19H18ClNO. The third kappa shape index (κ3) is 2.02. The molecule has 2 nitrogen and oxygen atoms in total. The third-order valence-corrected chi connectivity index (χ3v) is 5.16. The van der Waals surface area contributed by atoms with E-state index in [0.29, 0.717) is 11.8 Å². The molecule has 4 rings (SSSR count). The first-order valence-corrected chi connectivity index (χ1v) is 8.02. The number of methoxy groups -OCH3 is 1. The first-order chi connectivity index (χ1) is 10.8. The second-order valence-electron chi connectivity index (χ2n) is 5.92. The van der Waals surface area contributed by atoms with Crippen LogP contribution < -0.4 is 10.1 Å². The molecule has 1 aliphatic carbocycles. The average Bonchev–Trinajstić information content (AvgIpc) is 3.04. The van der Waals surface area contributed by atoms with Crippen LogP contribution >= 0.6 is 11.6 Å². The van der Waals surface area contributed by atoms with Gasteiger partial charge in [-0.1, -0.05) is 54.1 Å². The van der Waals surface area contributed by atoms with E-state index in [9.17, 15) is 0 Å². The highest BCUT2D eigenvalue weighted by atomic mass is 35.5. The minimum Gasteiger partial charge on any atom is -0.495 e. The van der Waals surface area contributed by atoms with Gasteiger partial charge in [0.25, 0.3) is 0 Å². The van der Waals surface area contributed by atoms with E-state index in [4.69, 9.17) is 16.3 Å². The van der Waals surface area contributed by atoms with Crippen LogP contribution in [-0.4, -0.2) is 7.11 Å². The lowest BCUT2D eigenvalue weighted by Crippen LogP contribution is -2.29. The molecule has 0 saturated carbocycles. The van der Waals surface area contributed by atoms with Crippen LogP contribution in [0.15, 0.2) is 54.6 Å². The Morgan fingerprint density at radius 1 is 1.09 bits per heavy atom. The van der Waals surface area contributed by atoms with E-state index in [1.807, 2.05) is 18.2 Å². The van der Waals surface area contributed by atoms with Gasteiger partial charge in [0.05, 0.1) is 18.8 Å². The second-order valence-corrected chi connectivity index (χ2v) is 6.33. The standard InChI is InChI=1S/C19H18ClNO/c1-22-17-11-5-9-14-12-7-4-8-13(12)18(21-19(14)17)15-6-2-3-10-16(15)20/h2-7,9-13,18,21H,8H2,1H3/t12-,13+,18-/m1/s1. The van der Waals surface area contributed by atoms with Crippen molar-refractivity contribution in [1.29, 1.82) is 0 Å². The van der Waals surface area contributed by atoms with E-state index < -0.39 is 0 Å². The van der Waals surface area contributed by atoms with Crippen LogP contribution in [-0.2, 0) is 0 Å². The van der Waals surface area contributed by atoms with Gasteiger partial charge in [-0.2, -0.15) is 0 Å². The lowest BCUT2D eigenvalue weighted by Gasteiger charge is -2.38. The van der Waals surface area contributed by atoms with Crippen LogP contribution in [0, 0.1) is 5.92 Å². The molecule has 22 heavy (non-hydrogen) atoms. The van der Waals surface area contributed by atoms with Crippen molar-refractivity contribution >= 4 is 17.3 Å². The highest BCUT2D eigenvalue weighted by Crippen LogP contribution is 2.52. The number of hydrogen-bond acceptors (Lipinski definition) is 2. The molecule has 3 atom stereocenters. The molecule has 0 saturated heterocycles. The number of para-hydroxylation sites is 1. The number of hydrogen-bond donors (Lipinski definition) is 1. The lowest BCUT2D eigenvalue weighted by atomic mass is 9.77. The van der Waals surface area contributed by atoms with Gasteiger partial charge >= 0.3 is 0 Å². The second kappa shape index (κ2) is 5.36. The maximum absolute atomic E-state index is 6.46. The SMILES string of the molecule is COc1cccc2c1N[C@@H](c1ccccc1Cl)[C@H]1CC=C[C@@H]21. The van der Waals surface area contributed by atoms with Gasteiger partial charge in [0.2, 0.25) is 0 Å². The summed E-state index contributed by atoms with van der Waals surface area (Å²) in [6.45, 7) is 0. The molecule has 0 bridgehead atoms. The van der Waals surface area contributed by atoms with E-state index >= 15 is 0 Å². The molecule has 112 valence electrons. The Morgan fingerprint density at radius 2 is 1.91 bits per heavy atom. The van der Waals surface area contributed by atoms with Crippen molar-refractivity contribution in [3.63, 3.8) is 0 Å². The van der Waals surface area contributed by atoms with Crippen LogP contribution in [0.4, 0.5) is 5.69 Å². The zero-order valence-electron chi connectivity index (χ0n) is 12.4. The number of halogens is 1. The first-order valence-electron chi connectivity index (χ1n) is 7.64. The average molecular weight is 312 g/mol. The minimum atomic E-state index is 0.206. The van der Waals surface area contributed by atoms with E-state index in [-0.39, 0.29) is 6.04 Å². The van der Waals surface area contributed by atoms with E-state index in [1.54, 1.807) is 7.11 Å². The van der Waals surface area contributed by atoms with Gasteiger partial charge in [-0.15, -0.1) is 0 Å². The van der Waals surface area contributed by atoms with E-state index in [2.05, 4.69) is 41.7 Å². The fourth-order valence-corrected chi connectivity index (χ4v) is 4.05. The molecule has 0 fully saturated rings. The number of benzene rings is 2. The van der Waals surface area contributed by atoms with Crippen LogP contribution in [0.2, 0.25) is 5.02 Å². The molecule has 0 unspecified atom stereocenters. The van der Waals surface area contributed by atoms with Gasteiger partial charge in [-0.25, -0.2) is 0 Å². The van der Waals surface area contributed by atoms with Crippen molar-refractivity contribution < 1.29 is 4.74 Å². The Balaban J connectivity index is 1.85. The van der Waals surface area contributed by atoms with E-state index in [1.165, 1.54) is 11.1 Å². The van der Waals surface area contributed by atoms with E-state index in [0.717, 1.165) is 22.9 Å². The van der Waals surface area contributed by atoms with Crippen LogP contribution in [0.5, 0.6) is 5.75 Å². The molecule has 3 heteroatoms. The molecule has 0 spiro atoms. The molecule has 2 aliphatic rings. The van der Waals surface area contributed by atoms with Crippen molar-refractivity contribution in [1.82, 2.24) is 0 Å². The smallest absolute Gasteiger partial charge is 0.142 e. The molecule has 2 aromatic rings. The largest absolute Gasteiger partial charge is 0.495 e. The summed E-state index contributed by atoms with van der Waals surface area (Å²) < 4.78 is 5.56. The van der Waals surface area contributed by atoms with Gasteiger partial charge < -0.3 is 10.1 Å². The number of fused-ring (bicyclic) bond motifs is 3. The topological polar surface area (TPSA) is 21.3 Å². The number of rotatable bonds is 2. The highest BCUT2D eigenvalue weighted by Gasteiger charge is 2.39. The van der Waals surface area contributed by atoms with Gasteiger partial charge in [0, 0.05) is 10.9 Å². The summed E-state index contributed by atoms with van der Waals surface area (Å²) in [7, 11) is 1.72. The number of anilines is 1. The molecule has 0 aromatic heterocycles. The predicted octanol–water partition coefficient (Wildman–Crippen LogP) is 5.18. The van der Waals surface area contributed by atoms with Gasteiger partial charge in [0.15, 0.2) is 0 Å². The Morgan fingerprint density at radius 3 is 2.73 bits per heavy atom. The third-order valence-electron chi connectivity index (χ3n) is 4.82. The summed E-state index contributed by atoms with van der Waals surface area (Å²) in [4.78, 5) is 0. The van der Waals surface area contributed by atoms with Gasteiger partial charge in [-0.3, -0.25) is 0 Å². The minimum absolute atomic E-state index is 0.206. The summed E-state index contributed by atoms with van der Waals surface area (Å²) in [5.74, 6) is 1.82. The van der Waals surface area contributed by atoms with Crippen LogP contribution in [0.25, 0.3) is 0 Å². The molecule has 0 amide bonds. The molecule has 1 N–H and O–H groups in total. The number of ether oxygens (including phenoxy) is 1. The zero-order valence-corrected chi connectivity index (χ0v) is 13.2. The Hall–Kier alpha value is -1.93. The van der Waals surface area contributed by atoms with Gasteiger partial charge in [-0.05, 0) is 35.6 Å². The fourth-order valence-electron chi connectivity index (χ4n) is 3.80. The molecular weight excluding hydrogens is 294 g/mol. The quantitative estimate of drug-likeness (QED) is 0.772.